The van der Waals surface area contributed by atoms with E-state index in [2.05, 4.69) is 20.8 Å². The van der Waals surface area contributed by atoms with Crippen molar-refractivity contribution in [2.45, 2.75) is 6.92 Å². The first-order chi connectivity index (χ1) is 8.44. The summed E-state index contributed by atoms with van der Waals surface area (Å²) in [7, 11) is 3.54. The Morgan fingerprint density at radius 3 is 1.61 bits per heavy atom. The normalized spacial score (nSPS) is 13.4. The second-order valence-electron chi connectivity index (χ2n) is 3.67. The zero-order valence-electron chi connectivity index (χ0n) is 11.0. The van der Waals surface area contributed by atoms with E-state index < -0.39 is 35.7 Å². The van der Waals surface area contributed by atoms with Crippen molar-refractivity contribution < 1.29 is 28.6 Å². The molecule has 0 saturated heterocycles. The molecule has 6 heteroatoms. The van der Waals surface area contributed by atoms with Gasteiger partial charge in [0.25, 0.3) is 0 Å². The lowest BCUT2D eigenvalue weighted by Crippen LogP contribution is -2.37. The molecule has 18 heavy (non-hydrogen) atoms. The quantitative estimate of drug-likeness (QED) is 0.300. The first-order valence-corrected chi connectivity index (χ1v) is 5.30. The zero-order chi connectivity index (χ0) is 14.3. The minimum atomic E-state index is -1.19. The van der Waals surface area contributed by atoms with Crippen LogP contribution in [0.25, 0.3) is 0 Å². The van der Waals surface area contributed by atoms with Crippen molar-refractivity contribution >= 4 is 17.9 Å². The zero-order valence-corrected chi connectivity index (χ0v) is 11.0. The Balaban J connectivity index is 5.21. The Morgan fingerprint density at radius 2 is 1.33 bits per heavy atom. The van der Waals surface area contributed by atoms with Gasteiger partial charge < -0.3 is 14.2 Å². The van der Waals surface area contributed by atoms with E-state index in [-0.39, 0.29) is 0 Å². The summed E-state index contributed by atoms with van der Waals surface area (Å²) in [6, 6.07) is 0. The lowest BCUT2D eigenvalue weighted by atomic mass is 9.82. The molecular formula is C12H18O6. The van der Waals surface area contributed by atoms with E-state index in [1.165, 1.54) is 13.2 Å². The van der Waals surface area contributed by atoms with E-state index in [1.807, 2.05) is 0 Å². The molecule has 0 aliphatic rings. The van der Waals surface area contributed by atoms with Crippen molar-refractivity contribution in [3.05, 3.63) is 12.7 Å². The minimum absolute atomic E-state index is 0.574. The summed E-state index contributed by atoms with van der Waals surface area (Å²) in [4.78, 5) is 34.7. The first-order valence-electron chi connectivity index (χ1n) is 5.30. The fraction of sp³-hybridized carbons (Fsp3) is 0.583. The molecule has 0 aromatic carbocycles. The van der Waals surface area contributed by atoms with Crippen molar-refractivity contribution in [3.8, 4) is 0 Å². The summed E-state index contributed by atoms with van der Waals surface area (Å²) in [6.07, 6.45) is 1.33. The standard InChI is InChI=1S/C12H18O6/c1-6-8(10(13)16-3)7(2)9(11(14)17-4)12(15)18-5/h6-9H,1H2,2-5H3/t7-,8?/m0/s1. The molecule has 102 valence electrons. The number of hydrogen-bond acceptors (Lipinski definition) is 6. The molecule has 6 nitrogen and oxygen atoms in total. The van der Waals surface area contributed by atoms with Crippen molar-refractivity contribution in [3.63, 3.8) is 0 Å². The van der Waals surface area contributed by atoms with Crippen LogP contribution in [0.5, 0.6) is 0 Å². The van der Waals surface area contributed by atoms with Crippen LogP contribution in [-0.2, 0) is 28.6 Å². The van der Waals surface area contributed by atoms with E-state index in [9.17, 15) is 14.4 Å². The van der Waals surface area contributed by atoms with E-state index in [0.29, 0.717) is 0 Å². The van der Waals surface area contributed by atoms with Crippen molar-refractivity contribution in [1.82, 2.24) is 0 Å². The predicted molar refractivity (Wildman–Crippen MR) is 62.4 cm³/mol. The molecule has 0 rings (SSSR count). The van der Waals surface area contributed by atoms with Gasteiger partial charge in [0.1, 0.15) is 0 Å². The summed E-state index contributed by atoms with van der Waals surface area (Å²) in [6.45, 7) is 5.06. The number of carbonyl (C=O) groups excluding carboxylic acids is 3. The fourth-order valence-electron chi connectivity index (χ4n) is 1.65. The molecule has 0 aromatic heterocycles. The number of esters is 3. The van der Waals surface area contributed by atoms with Crippen molar-refractivity contribution in [2.75, 3.05) is 21.3 Å². The van der Waals surface area contributed by atoms with Gasteiger partial charge in [-0.15, -0.1) is 6.58 Å². The van der Waals surface area contributed by atoms with Crippen LogP contribution in [0.1, 0.15) is 6.92 Å². The lowest BCUT2D eigenvalue weighted by molar-refractivity contribution is -0.163. The number of hydrogen-bond donors (Lipinski definition) is 0. The summed E-state index contributed by atoms with van der Waals surface area (Å²) >= 11 is 0. The number of rotatable bonds is 6. The third-order valence-corrected chi connectivity index (χ3v) is 2.73. The predicted octanol–water partition coefficient (Wildman–Crippen LogP) is 0.560. The third kappa shape index (κ3) is 3.58. The Kier molecular flexibility index (Phi) is 6.70. The average Bonchev–Trinajstić information content (AvgIpc) is 2.38. The number of carbonyl (C=O) groups is 3. The van der Waals surface area contributed by atoms with Gasteiger partial charge in [0, 0.05) is 0 Å². The van der Waals surface area contributed by atoms with Crippen LogP contribution in [0, 0.1) is 17.8 Å². The summed E-state index contributed by atoms with van der Waals surface area (Å²) < 4.78 is 13.7. The van der Waals surface area contributed by atoms with Crippen LogP contribution in [-0.4, -0.2) is 39.2 Å². The highest BCUT2D eigenvalue weighted by Crippen LogP contribution is 2.25. The topological polar surface area (TPSA) is 78.9 Å². The van der Waals surface area contributed by atoms with Crippen LogP contribution in [0.2, 0.25) is 0 Å². The summed E-state index contributed by atoms with van der Waals surface area (Å²) in [5, 5.41) is 0. The van der Waals surface area contributed by atoms with Crippen LogP contribution >= 0.6 is 0 Å². The largest absolute Gasteiger partial charge is 0.469 e. The highest BCUT2D eigenvalue weighted by Gasteiger charge is 2.40. The van der Waals surface area contributed by atoms with Gasteiger partial charge in [-0.3, -0.25) is 14.4 Å². The van der Waals surface area contributed by atoms with E-state index in [1.54, 1.807) is 6.92 Å². The smallest absolute Gasteiger partial charge is 0.320 e. The molecule has 0 aliphatic heterocycles. The molecular weight excluding hydrogens is 240 g/mol. The van der Waals surface area contributed by atoms with Gasteiger partial charge in [-0.2, -0.15) is 0 Å². The van der Waals surface area contributed by atoms with Crippen LogP contribution in [0.15, 0.2) is 12.7 Å². The Hall–Kier alpha value is -1.85. The van der Waals surface area contributed by atoms with E-state index >= 15 is 0 Å². The maximum Gasteiger partial charge on any atom is 0.320 e. The molecule has 2 atom stereocenters. The lowest BCUT2D eigenvalue weighted by Gasteiger charge is -2.23. The highest BCUT2D eigenvalue weighted by atomic mass is 16.5. The SMILES string of the molecule is C=CC(C(=O)OC)[C@H](C)C(C(=O)OC)C(=O)OC. The van der Waals surface area contributed by atoms with Gasteiger partial charge >= 0.3 is 17.9 Å². The number of ether oxygens (including phenoxy) is 3. The van der Waals surface area contributed by atoms with Gasteiger partial charge in [-0.1, -0.05) is 13.0 Å². The van der Waals surface area contributed by atoms with Gasteiger partial charge in [0.15, 0.2) is 5.92 Å². The molecule has 0 saturated carbocycles. The molecule has 0 aromatic rings. The molecule has 0 heterocycles. The molecule has 0 aliphatic carbocycles. The molecule has 0 radical (unpaired) electrons. The Bertz CT molecular complexity index is 319. The first kappa shape index (κ1) is 16.1. The molecule has 0 fully saturated rings. The average molecular weight is 258 g/mol. The minimum Gasteiger partial charge on any atom is -0.469 e. The van der Waals surface area contributed by atoms with Crippen molar-refractivity contribution in [1.29, 1.82) is 0 Å². The molecule has 1 unspecified atom stereocenters. The van der Waals surface area contributed by atoms with Crippen LogP contribution < -0.4 is 0 Å². The van der Waals surface area contributed by atoms with Gasteiger partial charge in [0.05, 0.1) is 27.2 Å². The Labute approximate surface area is 106 Å². The molecule has 0 bridgehead atoms. The highest BCUT2D eigenvalue weighted by molar-refractivity contribution is 5.95. The van der Waals surface area contributed by atoms with Crippen LogP contribution in [0.3, 0.4) is 0 Å². The van der Waals surface area contributed by atoms with Crippen LogP contribution in [0.4, 0.5) is 0 Å². The van der Waals surface area contributed by atoms with E-state index in [0.717, 1.165) is 14.2 Å². The van der Waals surface area contributed by atoms with E-state index in [4.69, 9.17) is 0 Å². The summed E-state index contributed by atoms with van der Waals surface area (Å²) in [5.41, 5.74) is 0. The number of methoxy groups -OCH3 is 3. The molecule has 0 N–H and O–H groups in total. The molecule has 0 spiro atoms. The monoisotopic (exact) mass is 258 g/mol. The van der Waals surface area contributed by atoms with Gasteiger partial charge in [0.2, 0.25) is 0 Å². The fourth-order valence-corrected chi connectivity index (χ4v) is 1.65. The maximum atomic E-state index is 11.6. The summed E-state index contributed by atoms with van der Waals surface area (Å²) in [5.74, 6) is -4.75. The Morgan fingerprint density at radius 1 is 0.944 bits per heavy atom. The molecule has 0 amide bonds. The second-order valence-corrected chi connectivity index (χ2v) is 3.67. The second kappa shape index (κ2) is 7.47. The maximum absolute atomic E-state index is 11.6. The van der Waals surface area contributed by atoms with Gasteiger partial charge in [-0.05, 0) is 5.92 Å². The third-order valence-electron chi connectivity index (χ3n) is 2.73. The van der Waals surface area contributed by atoms with Crippen molar-refractivity contribution in [2.24, 2.45) is 17.8 Å². The van der Waals surface area contributed by atoms with Gasteiger partial charge in [-0.25, -0.2) is 0 Å².